The Bertz CT molecular complexity index is 1190. The van der Waals surface area contributed by atoms with Crippen LogP contribution in [0.1, 0.15) is 21.6 Å². The zero-order chi connectivity index (χ0) is 22.5. The topological polar surface area (TPSA) is 166 Å². The van der Waals surface area contributed by atoms with Crippen LogP contribution >= 0.6 is 15.9 Å². The molecule has 0 aliphatic heterocycles. The molecule has 3 aromatic rings. The molecule has 0 bridgehead atoms. The number of carbonyl (C=O) groups excluding carboxylic acids is 1. The van der Waals surface area contributed by atoms with Gasteiger partial charge in [0.1, 0.15) is 11.9 Å². The number of hydrogen-bond acceptors (Lipinski definition) is 8. The van der Waals surface area contributed by atoms with E-state index in [4.69, 9.17) is 0 Å². The maximum absolute atomic E-state index is 12.3. The fraction of sp³-hybridized carbons (Fsp3) is 0.0556. The summed E-state index contributed by atoms with van der Waals surface area (Å²) in [7, 11) is 0. The quantitative estimate of drug-likeness (QED) is 0.292. The van der Waals surface area contributed by atoms with Gasteiger partial charge in [0.2, 0.25) is 5.69 Å². The Morgan fingerprint density at radius 2 is 1.90 bits per heavy atom. The SMILES string of the molecule is O=C(N/N=C/c1cc([N+](=O)[O-])ccc1O)c1nn(Cc2ccc(Br)cc2)cc1[N+](=O)[O-]. The van der Waals surface area contributed by atoms with Gasteiger partial charge in [0, 0.05) is 22.2 Å². The van der Waals surface area contributed by atoms with Gasteiger partial charge in [0.05, 0.1) is 22.6 Å². The number of benzene rings is 2. The highest BCUT2D eigenvalue weighted by Gasteiger charge is 2.25. The summed E-state index contributed by atoms with van der Waals surface area (Å²) >= 11 is 3.31. The lowest BCUT2D eigenvalue weighted by atomic mass is 10.2. The van der Waals surface area contributed by atoms with Crippen LogP contribution in [0.2, 0.25) is 0 Å². The summed E-state index contributed by atoms with van der Waals surface area (Å²) in [6.07, 6.45) is 2.11. The third-order valence-electron chi connectivity index (χ3n) is 4.00. The molecular weight excluding hydrogens is 476 g/mol. The van der Waals surface area contributed by atoms with Crippen molar-refractivity contribution in [3.63, 3.8) is 0 Å². The normalized spacial score (nSPS) is 10.9. The summed E-state index contributed by atoms with van der Waals surface area (Å²) in [4.78, 5) is 33.1. The molecule has 0 atom stereocenters. The smallest absolute Gasteiger partial charge is 0.320 e. The van der Waals surface area contributed by atoms with Crippen molar-refractivity contribution < 1.29 is 19.7 Å². The van der Waals surface area contributed by atoms with Crippen molar-refractivity contribution in [1.82, 2.24) is 15.2 Å². The fourth-order valence-corrected chi connectivity index (χ4v) is 2.80. The number of carbonyl (C=O) groups is 1. The third kappa shape index (κ3) is 5.27. The molecule has 1 aromatic heterocycles. The highest BCUT2D eigenvalue weighted by atomic mass is 79.9. The van der Waals surface area contributed by atoms with Gasteiger partial charge in [-0.25, -0.2) is 5.43 Å². The van der Waals surface area contributed by atoms with E-state index in [1.807, 2.05) is 0 Å². The van der Waals surface area contributed by atoms with E-state index in [0.717, 1.165) is 40.6 Å². The number of amides is 1. The maximum atomic E-state index is 12.3. The van der Waals surface area contributed by atoms with Crippen molar-refractivity contribution in [3.8, 4) is 5.75 Å². The molecule has 1 heterocycles. The average molecular weight is 489 g/mol. The van der Waals surface area contributed by atoms with Crippen LogP contribution in [0.25, 0.3) is 0 Å². The second kappa shape index (κ2) is 9.13. The summed E-state index contributed by atoms with van der Waals surface area (Å²) in [5, 5.41) is 39.4. The number of hydrazone groups is 1. The van der Waals surface area contributed by atoms with E-state index in [1.165, 1.54) is 4.68 Å². The first-order valence-electron chi connectivity index (χ1n) is 8.51. The standard InChI is InChI=1S/C18H13BrN6O6/c19-13-3-1-11(2-4-13)9-23-10-15(25(30)31)17(22-23)18(27)21-20-8-12-7-14(24(28)29)5-6-16(12)26/h1-8,10,26H,9H2,(H,21,27)/b20-8+. The van der Waals surface area contributed by atoms with Gasteiger partial charge in [-0.3, -0.25) is 29.7 Å². The number of nitrogens with zero attached hydrogens (tertiary/aromatic N) is 5. The predicted molar refractivity (Wildman–Crippen MR) is 112 cm³/mol. The Hall–Kier alpha value is -4.13. The Balaban J connectivity index is 1.78. The number of hydrogen-bond donors (Lipinski definition) is 2. The Labute approximate surface area is 182 Å². The van der Waals surface area contributed by atoms with Crippen molar-refractivity contribution in [2.75, 3.05) is 0 Å². The van der Waals surface area contributed by atoms with E-state index in [-0.39, 0.29) is 23.5 Å². The van der Waals surface area contributed by atoms with Crippen LogP contribution in [0.5, 0.6) is 5.75 Å². The summed E-state index contributed by atoms with van der Waals surface area (Å²) in [5.74, 6) is -1.25. The van der Waals surface area contributed by atoms with Gasteiger partial charge in [-0.15, -0.1) is 0 Å². The van der Waals surface area contributed by atoms with Crippen LogP contribution in [0, 0.1) is 20.2 Å². The van der Waals surface area contributed by atoms with Crippen molar-refractivity contribution in [2.24, 2.45) is 5.10 Å². The number of non-ortho nitro benzene ring substituents is 1. The molecule has 31 heavy (non-hydrogen) atoms. The average Bonchev–Trinajstić information content (AvgIpc) is 3.15. The van der Waals surface area contributed by atoms with Crippen molar-refractivity contribution in [3.05, 3.63) is 90.2 Å². The summed E-state index contributed by atoms with van der Waals surface area (Å²) in [6, 6.07) is 10.5. The fourth-order valence-electron chi connectivity index (χ4n) is 2.54. The summed E-state index contributed by atoms with van der Waals surface area (Å²) in [6.45, 7) is 0.201. The lowest BCUT2D eigenvalue weighted by Gasteiger charge is -2.01. The molecule has 2 N–H and O–H groups in total. The molecular formula is C18H13BrN6O6. The van der Waals surface area contributed by atoms with E-state index < -0.39 is 27.1 Å². The van der Waals surface area contributed by atoms with Crippen molar-refractivity contribution >= 4 is 39.4 Å². The predicted octanol–water partition coefficient (Wildman–Crippen LogP) is 2.98. The number of nitro groups is 2. The van der Waals surface area contributed by atoms with Crippen LogP contribution in [-0.2, 0) is 6.54 Å². The van der Waals surface area contributed by atoms with Crippen molar-refractivity contribution in [1.29, 1.82) is 0 Å². The minimum absolute atomic E-state index is 0.0234. The lowest BCUT2D eigenvalue weighted by molar-refractivity contribution is -0.385. The highest BCUT2D eigenvalue weighted by Crippen LogP contribution is 2.21. The monoisotopic (exact) mass is 488 g/mol. The molecule has 1 amide bonds. The van der Waals surface area contributed by atoms with Crippen molar-refractivity contribution in [2.45, 2.75) is 6.54 Å². The van der Waals surface area contributed by atoms with Crippen LogP contribution in [0.15, 0.2) is 58.2 Å². The van der Waals surface area contributed by atoms with Gasteiger partial charge < -0.3 is 5.11 Å². The van der Waals surface area contributed by atoms with Gasteiger partial charge in [0.15, 0.2) is 0 Å². The first-order chi connectivity index (χ1) is 14.7. The minimum Gasteiger partial charge on any atom is -0.507 e. The molecule has 158 valence electrons. The molecule has 0 unspecified atom stereocenters. The first-order valence-corrected chi connectivity index (χ1v) is 9.31. The largest absolute Gasteiger partial charge is 0.507 e. The van der Waals surface area contributed by atoms with E-state index >= 15 is 0 Å². The number of nitro benzene ring substituents is 1. The van der Waals surface area contributed by atoms with Crippen LogP contribution in [0.3, 0.4) is 0 Å². The second-order valence-electron chi connectivity index (χ2n) is 6.14. The van der Waals surface area contributed by atoms with Gasteiger partial charge in [-0.05, 0) is 23.8 Å². The number of phenolic OH excluding ortho intramolecular Hbond substituents is 1. The number of aromatic nitrogens is 2. The Morgan fingerprint density at radius 1 is 1.19 bits per heavy atom. The molecule has 2 aromatic carbocycles. The number of aromatic hydroxyl groups is 1. The molecule has 0 fully saturated rings. The van der Waals surface area contributed by atoms with Gasteiger partial charge in [-0.2, -0.15) is 10.2 Å². The number of halogens is 1. The second-order valence-corrected chi connectivity index (χ2v) is 7.06. The number of phenols is 1. The number of rotatable bonds is 7. The van der Waals surface area contributed by atoms with Crippen LogP contribution in [0.4, 0.5) is 11.4 Å². The van der Waals surface area contributed by atoms with Crippen LogP contribution in [-0.4, -0.2) is 36.9 Å². The molecule has 13 heteroatoms. The third-order valence-corrected chi connectivity index (χ3v) is 4.53. The zero-order valence-electron chi connectivity index (χ0n) is 15.5. The molecule has 0 aliphatic rings. The molecule has 3 rings (SSSR count). The highest BCUT2D eigenvalue weighted by molar-refractivity contribution is 9.10. The molecule has 0 spiro atoms. The minimum atomic E-state index is -0.956. The summed E-state index contributed by atoms with van der Waals surface area (Å²) in [5.41, 5.74) is 1.60. The van der Waals surface area contributed by atoms with E-state index in [1.54, 1.807) is 24.3 Å². The van der Waals surface area contributed by atoms with Gasteiger partial charge in [-0.1, -0.05) is 28.1 Å². The van der Waals surface area contributed by atoms with Gasteiger partial charge >= 0.3 is 5.69 Å². The molecule has 0 radical (unpaired) electrons. The summed E-state index contributed by atoms with van der Waals surface area (Å²) < 4.78 is 2.13. The molecule has 0 aliphatic carbocycles. The molecule has 12 nitrogen and oxygen atoms in total. The van der Waals surface area contributed by atoms with E-state index in [2.05, 4.69) is 31.6 Å². The lowest BCUT2D eigenvalue weighted by Crippen LogP contribution is -2.19. The van der Waals surface area contributed by atoms with E-state index in [9.17, 15) is 30.1 Å². The van der Waals surface area contributed by atoms with Gasteiger partial charge in [0.25, 0.3) is 11.6 Å². The Kier molecular flexibility index (Phi) is 6.35. The zero-order valence-corrected chi connectivity index (χ0v) is 17.1. The number of nitrogens with one attached hydrogen (secondary N) is 1. The maximum Gasteiger partial charge on any atom is 0.320 e. The first kappa shape index (κ1) is 21.6. The Morgan fingerprint density at radius 3 is 2.55 bits per heavy atom. The molecule has 0 saturated heterocycles. The molecule has 0 saturated carbocycles. The van der Waals surface area contributed by atoms with Crippen LogP contribution < -0.4 is 5.43 Å². The van der Waals surface area contributed by atoms with E-state index in [0.29, 0.717) is 0 Å².